The van der Waals surface area contributed by atoms with Crippen LogP contribution in [0.3, 0.4) is 0 Å². The molecular formula is C11H22O. The maximum absolute atomic E-state index is 9.07. The predicted octanol–water partition coefficient (Wildman–Crippen LogP) is 2.83. The minimum Gasteiger partial charge on any atom is -0.396 e. The van der Waals surface area contributed by atoms with Crippen LogP contribution in [-0.4, -0.2) is 11.7 Å². The molecule has 72 valence electrons. The van der Waals surface area contributed by atoms with Gasteiger partial charge in [-0.1, -0.05) is 27.2 Å². The summed E-state index contributed by atoms with van der Waals surface area (Å²) in [5.74, 6) is 1.41. The van der Waals surface area contributed by atoms with Gasteiger partial charge in [-0.15, -0.1) is 0 Å². The van der Waals surface area contributed by atoms with Gasteiger partial charge >= 0.3 is 0 Å². The van der Waals surface area contributed by atoms with Crippen LogP contribution in [-0.2, 0) is 0 Å². The summed E-state index contributed by atoms with van der Waals surface area (Å²) < 4.78 is 0. The zero-order valence-corrected chi connectivity index (χ0v) is 8.64. The Bertz CT molecular complexity index is 134. The largest absolute Gasteiger partial charge is 0.396 e. The Balaban J connectivity index is 2.46. The van der Waals surface area contributed by atoms with Gasteiger partial charge < -0.3 is 5.11 Å². The Morgan fingerprint density at radius 2 is 1.92 bits per heavy atom. The lowest BCUT2D eigenvalue weighted by molar-refractivity contribution is 0.103. The summed E-state index contributed by atoms with van der Waals surface area (Å²) in [6.07, 6.45) is 5.15. The van der Waals surface area contributed by atoms with Crippen molar-refractivity contribution in [3.05, 3.63) is 0 Å². The van der Waals surface area contributed by atoms with E-state index in [2.05, 4.69) is 20.8 Å². The van der Waals surface area contributed by atoms with Crippen LogP contribution in [0.1, 0.15) is 46.5 Å². The van der Waals surface area contributed by atoms with Crippen molar-refractivity contribution in [2.75, 3.05) is 6.61 Å². The van der Waals surface area contributed by atoms with Gasteiger partial charge in [0.25, 0.3) is 0 Å². The van der Waals surface area contributed by atoms with E-state index < -0.39 is 0 Å². The maximum Gasteiger partial charge on any atom is 0.0459 e. The fourth-order valence-corrected chi connectivity index (χ4v) is 2.24. The molecule has 0 amide bonds. The number of aliphatic hydroxyl groups excluding tert-OH is 1. The zero-order chi connectivity index (χ0) is 9.19. The molecular weight excluding hydrogens is 148 g/mol. The van der Waals surface area contributed by atoms with Crippen molar-refractivity contribution in [2.24, 2.45) is 17.3 Å². The van der Waals surface area contributed by atoms with Crippen LogP contribution in [0.4, 0.5) is 0 Å². The topological polar surface area (TPSA) is 20.2 Å². The molecule has 2 unspecified atom stereocenters. The highest BCUT2D eigenvalue weighted by atomic mass is 16.3. The first-order chi connectivity index (χ1) is 5.54. The lowest BCUT2D eigenvalue weighted by atomic mass is 9.69. The minimum atomic E-state index is 0.395. The number of aliphatic hydroxyl groups is 1. The summed E-state index contributed by atoms with van der Waals surface area (Å²) in [5.41, 5.74) is 0.438. The van der Waals surface area contributed by atoms with Crippen LogP contribution >= 0.6 is 0 Å². The third kappa shape index (κ3) is 2.48. The van der Waals surface area contributed by atoms with Gasteiger partial charge in [0.15, 0.2) is 0 Å². The van der Waals surface area contributed by atoms with Crippen molar-refractivity contribution in [1.29, 1.82) is 0 Å². The summed E-state index contributed by atoms with van der Waals surface area (Å²) in [5, 5.41) is 9.07. The van der Waals surface area contributed by atoms with Crippen molar-refractivity contribution in [3.8, 4) is 0 Å². The van der Waals surface area contributed by atoms with E-state index in [0.717, 1.165) is 5.92 Å². The molecule has 0 aromatic heterocycles. The second kappa shape index (κ2) is 3.78. The van der Waals surface area contributed by atoms with E-state index in [-0.39, 0.29) is 0 Å². The first-order valence-corrected chi connectivity index (χ1v) is 5.15. The van der Waals surface area contributed by atoms with E-state index in [0.29, 0.717) is 17.9 Å². The smallest absolute Gasteiger partial charge is 0.0459 e. The molecule has 0 aliphatic heterocycles. The minimum absolute atomic E-state index is 0.395. The summed E-state index contributed by atoms with van der Waals surface area (Å²) in [4.78, 5) is 0. The van der Waals surface area contributed by atoms with Crippen molar-refractivity contribution >= 4 is 0 Å². The molecule has 1 saturated carbocycles. The van der Waals surface area contributed by atoms with Gasteiger partial charge in [0.2, 0.25) is 0 Å². The van der Waals surface area contributed by atoms with E-state index in [1.807, 2.05) is 0 Å². The molecule has 0 aromatic rings. The van der Waals surface area contributed by atoms with E-state index in [9.17, 15) is 0 Å². The van der Waals surface area contributed by atoms with Crippen LogP contribution in [0, 0.1) is 17.3 Å². The average Bonchev–Trinajstić information content (AvgIpc) is 2.03. The Morgan fingerprint density at radius 3 is 2.42 bits per heavy atom. The van der Waals surface area contributed by atoms with Gasteiger partial charge in [0.05, 0.1) is 0 Å². The van der Waals surface area contributed by atoms with Crippen LogP contribution in [0.25, 0.3) is 0 Å². The molecule has 2 atom stereocenters. The van der Waals surface area contributed by atoms with Gasteiger partial charge in [-0.25, -0.2) is 0 Å². The molecule has 1 nitrogen and oxygen atoms in total. The van der Waals surface area contributed by atoms with Crippen LogP contribution in [0.2, 0.25) is 0 Å². The fourth-order valence-electron chi connectivity index (χ4n) is 2.24. The Labute approximate surface area is 76.2 Å². The van der Waals surface area contributed by atoms with E-state index in [1.165, 1.54) is 25.7 Å². The lowest BCUT2D eigenvalue weighted by Crippen LogP contribution is -2.28. The van der Waals surface area contributed by atoms with E-state index >= 15 is 0 Å². The first kappa shape index (κ1) is 10.0. The first-order valence-electron chi connectivity index (χ1n) is 5.15. The molecule has 0 heterocycles. The number of rotatable bonds is 1. The van der Waals surface area contributed by atoms with Gasteiger partial charge in [0, 0.05) is 6.61 Å². The Kier molecular flexibility index (Phi) is 3.16. The Hall–Kier alpha value is -0.0400. The highest BCUT2D eigenvalue weighted by Gasteiger charge is 2.29. The summed E-state index contributed by atoms with van der Waals surface area (Å²) in [7, 11) is 0. The SMILES string of the molecule is CC(C)(C)C1CCCC(CO)C1. The molecule has 0 aromatic carbocycles. The lowest BCUT2D eigenvalue weighted by Gasteiger charge is -2.37. The van der Waals surface area contributed by atoms with Crippen molar-refractivity contribution in [1.82, 2.24) is 0 Å². The third-order valence-electron chi connectivity index (χ3n) is 3.27. The van der Waals surface area contributed by atoms with Crippen LogP contribution < -0.4 is 0 Å². The van der Waals surface area contributed by atoms with Crippen molar-refractivity contribution in [2.45, 2.75) is 46.5 Å². The standard InChI is InChI=1S/C11H22O/c1-11(2,3)10-6-4-5-9(7-10)8-12/h9-10,12H,4-8H2,1-3H3. The maximum atomic E-state index is 9.07. The molecule has 1 aliphatic carbocycles. The molecule has 1 fully saturated rings. The molecule has 12 heavy (non-hydrogen) atoms. The molecule has 1 N–H and O–H groups in total. The highest BCUT2D eigenvalue weighted by Crippen LogP contribution is 2.39. The molecule has 0 bridgehead atoms. The normalized spacial score (nSPS) is 32.0. The summed E-state index contributed by atoms with van der Waals surface area (Å²) in [6.45, 7) is 7.35. The second-order valence-corrected chi connectivity index (χ2v) is 5.28. The van der Waals surface area contributed by atoms with Crippen molar-refractivity contribution in [3.63, 3.8) is 0 Å². The van der Waals surface area contributed by atoms with Crippen LogP contribution in [0.5, 0.6) is 0 Å². The van der Waals surface area contributed by atoms with Gasteiger partial charge in [-0.3, -0.25) is 0 Å². The highest BCUT2D eigenvalue weighted by molar-refractivity contribution is 4.80. The fraction of sp³-hybridized carbons (Fsp3) is 1.00. The summed E-state index contributed by atoms with van der Waals surface area (Å²) >= 11 is 0. The van der Waals surface area contributed by atoms with Gasteiger partial charge in [-0.05, 0) is 36.5 Å². The van der Waals surface area contributed by atoms with Crippen molar-refractivity contribution < 1.29 is 5.11 Å². The monoisotopic (exact) mass is 170 g/mol. The molecule has 1 heteroatoms. The summed E-state index contributed by atoms with van der Waals surface area (Å²) in [6, 6.07) is 0. The number of hydrogen-bond donors (Lipinski definition) is 1. The quantitative estimate of drug-likeness (QED) is 0.641. The predicted molar refractivity (Wildman–Crippen MR) is 52.0 cm³/mol. The molecule has 0 radical (unpaired) electrons. The molecule has 0 spiro atoms. The zero-order valence-electron chi connectivity index (χ0n) is 8.64. The molecule has 1 rings (SSSR count). The Morgan fingerprint density at radius 1 is 1.25 bits per heavy atom. The second-order valence-electron chi connectivity index (χ2n) is 5.28. The van der Waals surface area contributed by atoms with E-state index in [4.69, 9.17) is 5.11 Å². The van der Waals surface area contributed by atoms with Crippen LogP contribution in [0.15, 0.2) is 0 Å². The van der Waals surface area contributed by atoms with Gasteiger partial charge in [-0.2, -0.15) is 0 Å². The average molecular weight is 170 g/mol. The number of hydrogen-bond acceptors (Lipinski definition) is 1. The van der Waals surface area contributed by atoms with Gasteiger partial charge in [0.1, 0.15) is 0 Å². The third-order valence-corrected chi connectivity index (χ3v) is 3.27. The molecule has 0 saturated heterocycles. The van der Waals surface area contributed by atoms with E-state index in [1.54, 1.807) is 0 Å². The molecule has 1 aliphatic rings.